The third-order valence-electron chi connectivity index (χ3n) is 4.99. The van der Waals surface area contributed by atoms with Crippen molar-refractivity contribution in [1.82, 2.24) is 5.32 Å². The Balaban J connectivity index is 1.86. The van der Waals surface area contributed by atoms with Gasteiger partial charge in [-0.15, -0.1) is 0 Å². The van der Waals surface area contributed by atoms with E-state index >= 15 is 0 Å². The smallest absolute Gasteiger partial charge is 0.240 e. The molecule has 1 aliphatic carbocycles. The topological polar surface area (TPSA) is 163 Å². The number of rotatable bonds is 9. The summed E-state index contributed by atoms with van der Waals surface area (Å²) >= 11 is 0. The van der Waals surface area contributed by atoms with Crippen LogP contribution in [0.1, 0.15) is 44.1 Å². The van der Waals surface area contributed by atoms with Gasteiger partial charge in [0.2, 0.25) is 11.8 Å². The minimum Gasteiger partial charge on any atom is -0.370 e. The van der Waals surface area contributed by atoms with Crippen LogP contribution in [0.3, 0.4) is 0 Å². The van der Waals surface area contributed by atoms with Crippen molar-refractivity contribution in [3.05, 3.63) is 29.8 Å². The van der Waals surface area contributed by atoms with Gasteiger partial charge in [-0.25, -0.2) is 4.99 Å². The average Bonchev–Trinajstić information content (AvgIpc) is 3.12. The zero-order valence-corrected chi connectivity index (χ0v) is 15.6. The van der Waals surface area contributed by atoms with Crippen LogP contribution < -0.4 is 28.3 Å². The van der Waals surface area contributed by atoms with Gasteiger partial charge in [0.05, 0.1) is 11.7 Å². The fourth-order valence-electron chi connectivity index (χ4n) is 3.47. The number of carbonyl (C=O) groups is 2. The van der Waals surface area contributed by atoms with Gasteiger partial charge in [0.15, 0.2) is 5.96 Å². The lowest BCUT2D eigenvalue weighted by Gasteiger charge is -2.20. The Morgan fingerprint density at radius 3 is 2.30 bits per heavy atom. The molecule has 2 amide bonds. The van der Waals surface area contributed by atoms with Crippen molar-refractivity contribution in [3.63, 3.8) is 0 Å². The third kappa shape index (κ3) is 6.90. The SMILES string of the molecule is NC(=O)[C@H](CCC1CCCC1)NC(=O)[C@@H](N)Cc1ccc(N=C(N)N)cc1. The van der Waals surface area contributed by atoms with Gasteiger partial charge in [-0.3, -0.25) is 9.59 Å². The van der Waals surface area contributed by atoms with Crippen molar-refractivity contribution in [2.75, 3.05) is 0 Å². The molecule has 0 aliphatic heterocycles. The van der Waals surface area contributed by atoms with Crippen LogP contribution in [-0.4, -0.2) is 29.9 Å². The van der Waals surface area contributed by atoms with E-state index in [1.54, 1.807) is 24.3 Å². The minimum absolute atomic E-state index is 0.0195. The number of nitrogens with zero attached hydrogens (tertiary/aromatic N) is 1. The lowest BCUT2D eigenvalue weighted by Crippen LogP contribution is -2.51. The van der Waals surface area contributed by atoms with Gasteiger partial charge in [-0.1, -0.05) is 37.8 Å². The van der Waals surface area contributed by atoms with Crippen LogP contribution in [0.2, 0.25) is 0 Å². The van der Waals surface area contributed by atoms with Crippen molar-refractivity contribution in [2.24, 2.45) is 33.8 Å². The number of guanidine groups is 1. The summed E-state index contributed by atoms with van der Waals surface area (Å²) in [7, 11) is 0. The molecule has 1 aliphatic rings. The normalized spacial score (nSPS) is 16.5. The zero-order chi connectivity index (χ0) is 19.8. The van der Waals surface area contributed by atoms with E-state index in [4.69, 9.17) is 22.9 Å². The molecule has 0 bridgehead atoms. The molecular weight excluding hydrogens is 344 g/mol. The zero-order valence-electron chi connectivity index (χ0n) is 15.6. The number of amides is 2. The molecule has 148 valence electrons. The van der Waals surface area contributed by atoms with Crippen LogP contribution in [0.4, 0.5) is 5.69 Å². The highest BCUT2D eigenvalue weighted by Crippen LogP contribution is 2.28. The van der Waals surface area contributed by atoms with Crippen molar-refractivity contribution in [3.8, 4) is 0 Å². The second kappa shape index (κ2) is 9.91. The van der Waals surface area contributed by atoms with E-state index in [0.29, 0.717) is 24.4 Å². The second-order valence-electron chi connectivity index (χ2n) is 7.21. The molecule has 27 heavy (non-hydrogen) atoms. The van der Waals surface area contributed by atoms with Gasteiger partial charge in [0.1, 0.15) is 6.04 Å². The molecular formula is C19H30N6O2. The second-order valence-corrected chi connectivity index (χ2v) is 7.21. The summed E-state index contributed by atoms with van der Waals surface area (Å²) in [4.78, 5) is 28.0. The van der Waals surface area contributed by atoms with Gasteiger partial charge < -0.3 is 28.3 Å². The van der Waals surface area contributed by atoms with E-state index in [9.17, 15) is 9.59 Å². The number of carbonyl (C=O) groups excluding carboxylic acids is 2. The molecule has 0 spiro atoms. The van der Waals surface area contributed by atoms with Crippen LogP contribution in [0.25, 0.3) is 0 Å². The van der Waals surface area contributed by atoms with Crippen LogP contribution in [0.5, 0.6) is 0 Å². The van der Waals surface area contributed by atoms with E-state index < -0.39 is 18.0 Å². The predicted molar refractivity (Wildman–Crippen MR) is 106 cm³/mol. The Kier molecular flexibility index (Phi) is 7.60. The minimum atomic E-state index is -0.771. The molecule has 2 atom stereocenters. The van der Waals surface area contributed by atoms with Crippen LogP contribution in [0.15, 0.2) is 29.3 Å². The number of nitrogens with two attached hydrogens (primary N) is 4. The molecule has 8 heteroatoms. The maximum absolute atomic E-state index is 12.4. The Hall–Kier alpha value is -2.61. The Morgan fingerprint density at radius 2 is 1.74 bits per heavy atom. The summed E-state index contributed by atoms with van der Waals surface area (Å²) in [5.41, 5.74) is 23.6. The molecule has 0 saturated heterocycles. The summed E-state index contributed by atoms with van der Waals surface area (Å²) in [5, 5.41) is 2.70. The molecule has 9 N–H and O–H groups in total. The quantitative estimate of drug-likeness (QED) is 0.311. The summed E-state index contributed by atoms with van der Waals surface area (Å²) in [6, 6.07) is 5.66. The standard InChI is InChI=1S/C19H30N6O2/c20-15(11-13-5-8-14(9-6-13)24-19(22)23)18(27)25-16(17(21)26)10-7-12-3-1-2-4-12/h5-6,8-9,12,15-16H,1-4,7,10-11,20H2,(H2,21,26)(H,25,27)(H4,22,23,24)/t15-,16-/m0/s1. The molecule has 0 unspecified atom stereocenters. The van der Waals surface area contributed by atoms with Crippen molar-refractivity contribution in [2.45, 2.75) is 57.0 Å². The predicted octanol–water partition coefficient (Wildman–Crippen LogP) is 0.402. The van der Waals surface area contributed by atoms with Gasteiger partial charge in [-0.05, 0) is 42.9 Å². The first-order valence-corrected chi connectivity index (χ1v) is 9.39. The fraction of sp³-hybridized carbons (Fsp3) is 0.526. The molecule has 1 fully saturated rings. The average molecular weight is 374 g/mol. The molecule has 1 aromatic carbocycles. The number of aliphatic imine (C=N–C) groups is 1. The highest BCUT2D eigenvalue weighted by Gasteiger charge is 2.24. The van der Waals surface area contributed by atoms with Crippen molar-refractivity contribution >= 4 is 23.5 Å². The first kappa shape index (κ1) is 20.7. The lowest BCUT2D eigenvalue weighted by molar-refractivity contribution is -0.128. The largest absolute Gasteiger partial charge is 0.370 e. The lowest BCUT2D eigenvalue weighted by atomic mass is 9.98. The summed E-state index contributed by atoms with van der Waals surface area (Å²) in [6.07, 6.45) is 6.66. The van der Waals surface area contributed by atoms with E-state index in [0.717, 1.165) is 12.0 Å². The van der Waals surface area contributed by atoms with E-state index in [2.05, 4.69) is 10.3 Å². The molecule has 0 heterocycles. The number of primary amides is 1. The van der Waals surface area contributed by atoms with Crippen molar-refractivity contribution < 1.29 is 9.59 Å². The first-order valence-electron chi connectivity index (χ1n) is 9.39. The summed E-state index contributed by atoms with van der Waals surface area (Å²) < 4.78 is 0. The highest BCUT2D eigenvalue weighted by atomic mass is 16.2. The number of nitrogens with one attached hydrogen (secondary N) is 1. The Bertz CT molecular complexity index is 663. The molecule has 0 aromatic heterocycles. The molecule has 1 saturated carbocycles. The highest BCUT2D eigenvalue weighted by molar-refractivity contribution is 5.89. The van der Waals surface area contributed by atoms with E-state index in [-0.39, 0.29) is 11.9 Å². The molecule has 2 rings (SSSR count). The molecule has 8 nitrogen and oxygen atoms in total. The number of benzene rings is 1. The van der Waals surface area contributed by atoms with E-state index in [1.165, 1.54) is 25.7 Å². The van der Waals surface area contributed by atoms with Crippen LogP contribution in [0, 0.1) is 5.92 Å². The monoisotopic (exact) mass is 374 g/mol. The van der Waals surface area contributed by atoms with Crippen molar-refractivity contribution in [1.29, 1.82) is 0 Å². The number of hydrogen-bond donors (Lipinski definition) is 5. The maximum Gasteiger partial charge on any atom is 0.240 e. The fourth-order valence-corrected chi connectivity index (χ4v) is 3.47. The Labute approximate surface area is 159 Å². The van der Waals surface area contributed by atoms with Gasteiger partial charge >= 0.3 is 0 Å². The van der Waals surface area contributed by atoms with Crippen LogP contribution >= 0.6 is 0 Å². The van der Waals surface area contributed by atoms with Gasteiger partial charge in [0, 0.05) is 0 Å². The molecule has 1 aromatic rings. The van der Waals surface area contributed by atoms with Crippen LogP contribution in [-0.2, 0) is 16.0 Å². The van der Waals surface area contributed by atoms with Gasteiger partial charge in [-0.2, -0.15) is 0 Å². The number of hydrogen-bond acceptors (Lipinski definition) is 4. The summed E-state index contributed by atoms with van der Waals surface area (Å²) in [5.74, 6) is -0.288. The maximum atomic E-state index is 12.4. The van der Waals surface area contributed by atoms with E-state index in [1.807, 2.05) is 0 Å². The first-order chi connectivity index (χ1) is 12.8. The Morgan fingerprint density at radius 1 is 1.11 bits per heavy atom. The summed E-state index contributed by atoms with van der Waals surface area (Å²) in [6.45, 7) is 0. The van der Waals surface area contributed by atoms with Gasteiger partial charge in [0.25, 0.3) is 0 Å². The third-order valence-corrected chi connectivity index (χ3v) is 4.99. The molecule has 0 radical (unpaired) electrons.